The number of carbonyl (C=O) groups is 1. The molecule has 26 heavy (non-hydrogen) atoms. The summed E-state index contributed by atoms with van der Waals surface area (Å²) in [5, 5.41) is 7.32. The SMILES string of the molecule is COc1ccc(/C=N\O[C@H](C)C(=O)Nc2cc(Cl)ccc2Cl)cc1OC. The number of benzene rings is 2. The van der Waals surface area contributed by atoms with Crippen LogP contribution in [0.1, 0.15) is 12.5 Å². The van der Waals surface area contributed by atoms with Gasteiger partial charge in [0.05, 0.1) is 31.1 Å². The lowest BCUT2D eigenvalue weighted by Crippen LogP contribution is -2.26. The quantitative estimate of drug-likeness (QED) is 0.556. The molecular weight excluding hydrogens is 379 g/mol. The van der Waals surface area contributed by atoms with Crippen LogP contribution in [0.2, 0.25) is 10.0 Å². The predicted octanol–water partition coefficient (Wildman–Crippen LogP) is 4.39. The summed E-state index contributed by atoms with van der Waals surface area (Å²) < 4.78 is 10.4. The molecule has 0 saturated carbocycles. The number of rotatable bonds is 7. The van der Waals surface area contributed by atoms with Gasteiger partial charge in [-0.1, -0.05) is 28.4 Å². The molecule has 0 saturated heterocycles. The Bertz CT molecular complexity index is 812. The zero-order valence-corrected chi connectivity index (χ0v) is 16.0. The van der Waals surface area contributed by atoms with E-state index in [1.54, 1.807) is 57.5 Å². The highest BCUT2D eigenvalue weighted by Gasteiger charge is 2.16. The molecule has 0 heterocycles. The van der Waals surface area contributed by atoms with Crippen molar-refractivity contribution in [1.29, 1.82) is 0 Å². The summed E-state index contributed by atoms with van der Waals surface area (Å²) in [7, 11) is 3.10. The molecule has 0 aliphatic carbocycles. The van der Waals surface area contributed by atoms with Crippen LogP contribution in [0.5, 0.6) is 11.5 Å². The minimum Gasteiger partial charge on any atom is -0.493 e. The first-order valence-corrected chi connectivity index (χ1v) is 8.37. The third-order valence-corrected chi connectivity index (χ3v) is 3.95. The molecule has 2 aromatic rings. The average molecular weight is 397 g/mol. The van der Waals surface area contributed by atoms with Gasteiger partial charge < -0.3 is 19.6 Å². The van der Waals surface area contributed by atoms with Gasteiger partial charge >= 0.3 is 0 Å². The number of ether oxygens (including phenoxy) is 2. The first-order valence-electron chi connectivity index (χ1n) is 7.61. The molecule has 0 aliphatic heterocycles. The van der Waals surface area contributed by atoms with Gasteiger partial charge in [0.1, 0.15) is 0 Å². The first kappa shape index (κ1) is 19.9. The Kier molecular flexibility index (Phi) is 7.12. The van der Waals surface area contributed by atoms with E-state index in [9.17, 15) is 4.79 Å². The molecule has 2 rings (SSSR count). The number of methoxy groups -OCH3 is 2. The molecule has 1 atom stereocenters. The van der Waals surface area contributed by atoms with E-state index in [1.807, 2.05) is 0 Å². The second-order valence-corrected chi connectivity index (χ2v) is 6.05. The van der Waals surface area contributed by atoms with Crippen molar-refractivity contribution < 1.29 is 19.1 Å². The summed E-state index contributed by atoms with van der Waals surface area (Å²) in [4.78, 5) is 17.3. The van der Waals surface area contributed by atoms with Crippen LogP contribution in [0.3, 0.4) is 0 Å². The van der Waals surface area contributed by atoms with E-state index in [4.69, 9.17) is 37.5 Å². The Balaban J connectivity index is 1.97. The van der Waals surface area contributed by atoms with Crippen LogP contribution in [0.4, 0.5) is 5.69 Å². The number of carbonyl (C=O) groups excluding carboxylic acids is 1. The highest BCUT2D eigenvalue weighted by atomic mass is 35.5. The van der Waals surface area contributed by atoms with Gasteiger partial charge in [-0.2, -0.15) is 0 Å². The molecule has 0 spiro atoms. The number of anilines is 1. The van der Waals surface area contributed by atoms with Gasteiger partial charge in [0.25, 0.3) is 5.91 Å². The van der Waals surface area contributed by atoms with E-state index < -0.39 is 12.0 Å². The molecule has 6 nitrogen and oxygen atoms in total. The van der Waals surface area contributed by atoms with E-state index in [0.717, 1.165) is 5.56 Å². The summed E-state index contributed by atoms with van der Waals surface area (Å²) in [6, 6.07) is 10.1. The van der Waals surface area contributed by atoms with Gasteiger partial charge in [0, 0.05) is 10.6 Å². The molecule has 0 bridgehead atoms. The second-order valence-electron chi connectivity index (χ2n) is 5.21. The molecule has 8 heteroatoms. The maximum Gasteiger partial charge on any atom is 0.268 e. The van der Waals surface area contributed by atoms with Crippen molar-refractivity contribution in [2.75, 3.05) is 19.5 Å². The minimum atomic E-state index is -0.832. The lowest BCUT2D eigenvalue weighted by molar-refractivity contribution is -0.126. The number of amides is 1. The largest absolute Gasteiger partial charge is 0.493 e. The molecule has 138 valence electrons. The lowest BCUT2D eigenvalue weighted by atomic mass is 10.2. The van der Waals surface area contributed by atoms with E-state index in [2.05, 4.69) is 10.5 Å². The van der Waals surface area contributed by atoms with Crippen LogP contribution < -0.4 is 14.8 Å². The fourth-order valence-electron chi connectivity index (χ4n) is 1.99. The fraction of sp³-hybridized carbons (Fsp3) is 0.222. The van der Waals surface area contributed by atoms with Crippen molar-refractivity contribution in [3.8, 4) is 11.5 Å². The molecule has 0 radical (unpaired) electrons. The molecule has 0 aromatic heterocycles. The molecule has 0 fully saturated rings. The van der Waals surface area contributed by atoms with Crippen molar-refractivity contribution in [2.24, 2.45) is 5.16 Å². The standard InChI is InChI=1S/C18H18Cl2N2O4/c1-11(18(23)22-15-9-13(19)5-6-14(15)20)26-21-10-12-4-7-16(24-2)17(8-12)25-3/h4-11H,1-3H3,(H,22,23)/b21-10-/t11-/m1/s1. The summed E-state index contributed by atoms with van der Waals surface area (Å²) in [5.41, 5.74) is 1.14. The molecule has 1 N–H and O–H groups in total. The van der Waals surface area contributed by atoms with Crippen LogP contribution in [0.15, 0.2) is 41.6 Å². The van der Waals surface area contributed by atoms with Crippen LogP contribution in [-0.4, -0.2) is 32.4 Å². The second kappa shape index (κ2) is 9.31. The van der Waals surface area contributed by atoms with Gasteiger partial charge in [0.2, 0.25) is 6.10 Å². The van der Waals surface area contributed by atoms with E-state index in [0.29, 0.717) is 27.2 Å². The average Bonchev–Trinajstić information content (AvgIpc) is 2.64. The summed E-state index contributed by atoms with van der Waals surface area (Å²) >= 11 is 11.9. The molecular formula is C18H18Cl2N2O4. The Morgan fingerprint density at radius 3 is 2.54 bits per heavy atom. The van der Waals surface area contributed by atoms with Gasteiger partial charge in [-0.15, -0.1) is 0 Å². The molecule has 0 unspecified atom stereocenters. The number of hydrogen-bond acceptors (Lipinski definition) is 5. The Morgan fingerprint density at radius 1 is 1.12 bits per heavy atom. The highest BCUT2D eigenvalue weighted by molar-refractivity contribution is 6.35. The normalized spacial score (nSPS) is 11.9. The van der Waals surface area contributed by atoms with Crippen molar-refractivity contribution in [3.63, 3.8) is 0 Å². The van der Waals surface area contributed by atoms with Crippen LogP contribution >= 0.6 is 23.2 Å². The number of hydrogen-bond donors (Lipinski definition) is 1. The molecule has 0 aliphatic rings. The third-order valence-electron chi connectivity index (χ3n) is 3.38. The smallest absolute Gasteiger partial charge is 0.268 e. The zero-order valence-electron chi connectivity index (χ0n) is 14.5. The Morgan fingerprint density at radius 2 is 1.85 bits per heavy atom. The van der Waals surface area contributed by atoms with Crippen LogP contribution in [0.25, 0.3) is 0 Å². The third kappa shape index (κ3) is 5.28. The summed E-state index contributed by atoms with van der Waals surface area (Å²) in [6.45, 7) is 1.57. The van der Waals surface area contributed by atoms with Crippen molar-refractivity contribution in [3.05, 3.63) is 52.0 Å². The van der Waals surface area contributed by atoms with E-state index in [1.165, 1.54) is 6.21 Å². The summed E-state index contributed by atoms with van der Waals surface area (Å²) in [6.07, 6.45) is 0.638. The molecule has 1 amide bonds. The molecule has 2 aromatic carbocycles. The zero-order chi connectivity index (χ0) is 19.1. The van der Waals surface area contributed by atoms with Gasteiger partial charge in [-0.3, -0.25) is 4.79 Å². The first-order chi connectivity index (χ1) is 12.4. The topological polar surface area (TPSA) is 69.2 Å². The van der Waals surface area contributed by atoms with Crippen molar-refractivity contribution in [2.45, 2.75) is 13.0 Å². The van der Waals surface area contributed by atoms with Gasteiger partial charge in [-0.25, -0.2) is 0 Å². The minimum absolute atomic E-state index is 0.378. The maximum atomic E-state index is 12.2. The van der Waals surface area contributed by atoms with E-state index >= 15 is 0 Å². The van der Waals surface area contributed by atoms with Crippen LogP contribution in [-0.2, 0) is 9.63 Å². The van der Waals surface area contributed by atoms with Gasteiger partial charge in [-0.05, 0) is 43.3 Å². The lowest BCUT2D eigenvalue weighted by Gasteiger charge is -2.12. The van der Waals surface area contributed by atoms with E-state index in [-0.39, 0.29) is 0 Å². The predicted molar refractivity (Wildman–Crippen MR) is 103 cm³/mol. The van der Waals surface area contributed by atoms with Gasteiger partial charge in [0.15, 0.2) is 11.5 Å². The fourth-order valence-corrected chi connectivity index (χ4v) is 2.33. The Hall–Kier alpha value is -2.44. The van der Waals surface area contributed by atoms with Crippen LogP contribution in [0, 0.1) is 0 Å². The summed E-state index contributed by atoms with van der Waals surface area (Å²) in [5.74, 6) is 0.771. The highest BCUT2D eigenvalue weighted by Crippen LogP contribution is 2.27. The monoisotopic (exact) mass is 396 g/mol. The number of oxime groups is 1. The maximum absolute atomic E-state index is 12.2. The number of nitrogens with zero attached hydrogens (tertiary/aromatic N) is 1. The van der Waals surface area contributed by atoms with Crippen molar-refractivity contribution in [1.82, 2.24) is 0 Å². The number of halogens is 2. The Labute approximate surface area is 161 Å². The number of nitrogens with one attached hydrogen (secondary N) is 1. The van der Waals surface area contributed by atoms with Crippen molar-refractivity contribution >= 4 is 41.0 Å².